The van der Waals surface area contributed by atoms with Gasteiger partial charge in [-0.25, -0.2) is 0 Å². The smallest absolute Gasteiger partial charge is 0.0716 e. The first kappa shape index (κ1) is 13.0. The number of hydrogen-bond donors (Lipinski definition) is 0. The Morgan fingerprint density at radius 2 is 2.00 bits per heavy atom. The molecule has 0 radical (unpaired) electrons. The average Bonchev–Trinajstić information content (AvgIpc) is 2.33. The van der Waals surface area contributed by atoms with Crippen molar-refractivity contribution in [2.45, 2.75) is 33.3 Å². The van der Waals surface area contributed by atoms with Crippen LogP contribution in [0.25, 0.3) is 0 Å². The molecular formula is C15H22O. The van der Waals surface area contributed by atoms with Gasteiger partial charge in [0.05, 0.1) is 6.61 Å². The molecule has 1 rings (SSSR count). The Hall–Kier alpha value is -1.08. The molecule has 0 saturated carbocycles. The van der Waals surface area contributed by atoms with Gasteiger partial charge in [0.15, 0.2) is 0 Å². The summed E-state index contributed by atoms with van der Waals surface area (Å²) >= 11 is 0. The first-order valence-corrected chi connectivity index (χ1v) is 6.05. The van der Waals surface area contributed by atoms with Gasteiger partial charge in [-0.05, 0) is 31.2 Å². The number of hydrogen-bond acceptors (Lipinski definition) is 1. The summed E-state index contributed by atoms with van der Waals surface area (Å²) in [7, 11) is 0. The molecule has 1 atom stereocenters. The van der Waals surface area contributed by atoms with Crippen LogP contribution < -0.4 is 0 Å². The fourth-order valence-electron chi connectivity index (χ4n) is 1.54. The summed E-state index contributed by atoms with van der Waals surface area (Å²) in [6, 6.07) is 10.3. The van der Waals surface area contributed by atoms with Gasteiger partial charge in [0, 0.05) is 6.61 Å². The molecule has 1 nitrogen and oxygen atoms in total. The molecular weight excluding hydrogens is 196 g/mol. The lowest BCUT2D eigenvalue weighted by molar-refractivity contribution is 0.109. The Kier molecular flexibility index (Phi) is 6.59. The van der Waals surface area contributed by atoms with Crippen molar-refractivity contribution in [2.24, 2.45) is 5.92 Å². The third kappa shape index (κ3) is 5.72. The molecule has 0 aliphatic rings. The van der Waals surface area contributed by atoms with Crippen LogP contribution in [-0.4, -0.2) is 6.61 Å². The molecule has 0 N–H and O–H groups in total. The molecule has 1 unspecified atom stereocenters. The van der Waals surface area contributed by atoms with E-state index in [0.29, 0.717) is 5.92 Å². The maximum absolute atomic E-state index is 5.65. The largest absolute Gasteiger partial charge is 0.377 e. The highest BCUT2D eigenvalue weighted by Gasteiger charge is 1.99. The van der Waals surface area contributed by atoms with Gasteiger partial charge < -0.3 is 4.74 Å². The van der Waals surface area contributed by atoms with E-state index in [-0.39, 0.29) is 0 Å². The number of rotatable bonds is 7. The zero-order valence-corrected chi connectivity index (χ0v) is 10.4. The van der Waals surface area contributed by atoms with E-state index in [1.807, 2.05) is 18.2 Å². The van der Waals surface area contributed by atoms with Crippen molar-refractivity contribution >= 4 is 0 Å². The molecule has 0 saturated heterocycles. The first-order valence-electron chi connectivity index (χ1n) is 6.05. The van der Waals surface area contributed by atoms with Crippen LogP contribution in [0.4, 0.5) is 0 Å². The molecule has 1 heteroatoms. The van der Waals surface area contributed by atoms with Gasteiger partial charge in [-0.1, -0.05) is 49.4 Å². The van der Waals surface area contributed by atoms with E-state index < -0.39 is 0 Å². The Labute approximate surface area is 99.1 Å². The fourth-order valence-corrected chi connectivity index (χ4v) is 1.54. The summed E-state index contributed by atoms with van der Waals surface area (Å²) in [6.45, 7) is 5.93. The molecule has 16 heavy (non-hydrogen) atoms. The second-order valence-electron chi connectivity index (χ2n) is 4.24. The molecule has 0 aromatic heterocycles. The van der Waals surface area contributed by atoms with Gasteiger partial charge in [-0.3, -0.25) is 0 Å². The fraction of sp³-hybridized carbons (Fsp3) is 0.467. The summed E-state index contributed by atoms with van der Waals surface area (Å²) in [6.07, 6.45) is 6.63. The van der Waals surface area contributed by atoms with Gasteiger partial charge in [-0.15, -0.1) is 0 Å². The minimum absolute atomic E-state index is 0.715. The molecule has 0 spiro atoms. The summed E-state index contributed by atoms with van der Waals surface area (Å²) in [5.41, 5.74) is 1.25. The Morgan fingerprint density at radius 1 is 1.25 bits per heavy atom. The molecule has 0 aliphatic heterocycles. The SMILES string of the molecule is CC=CCC(C)CCOCc1ccccc1. The minimum atomic E-state index is 0.715. The van der Waals surface area contributed by atoms with Crippen molar-refractivity contribution in [2.75, 3.05) is 6.61 Å². The van der Waals surface area contributed by atoms with Crippen LogP contribution in [0, 0.1) is 5.92 Å². The summed E-state index contributed by atoms with van der Waals surface area (Å²) in [4.78, 5) is 0. The van der Waals surface area contributed by atoms with Crippen LogP contribution in [-0.2, 0) is 11.3 Å². The maximum Gasteiger partial charge on any atom is 0.0716 e. The van der Waals surface area contributed by atoms with E-state index in [1.165, 1.54) is 5.56 Å². The lowest BCUT2D eigenvalue weighted by Gasteiger charge is -2.09. The van der Waals surface area contributed by atoms with Gasteiger partial charge in [0.1, 0.15) is 0 Å². The normalized spacial score (nSPS) is 13.1. The van der Waals surface area contributed by atoms with Crippen molar-refractivity contribution in [1.82, 2.24) is 0 Å². The van der Waals surface area contributed by atoms with Crippen LogP contribution in [0.1, 0.15) is 32.3 Å². The van der Waals surface area contributed by atoms with Crippen LogP contribution in [0.3, 0.4) is 0 Å². The second-order valence-corrected chi connectivity index (χ2v) is 4.24. The molecule has 0 bridgehead atoms. The Balaban J connectivity index is 2.08. The standard InChI is InChI=1S/C15H22O/c1-3-4-8-14(2)11-12-16-13-15-9-6-5-7-10-15/h3-7,9-10,14H,8,11-13H2,1-2H3. The van der Waals surface area contributed by atoms with Gasteiger partial charge >= 0.3 is 0 Å². The highest BCUT2D eigenvalue weighted by molar-refractivity contribution is 5.13. The minimum Gasteiger partial charge on any atom is -0.377 e. The van der Waals surface area contributed by atoms with Crippen LogP contribution >= 0.6 is 0 Å². The summed E-state index contributed by atoms with van der Waals surface area (Å²) in [5, 5.41) is 0. The molecule has 1 aromatic rings. The predicted octanol–water partition coefficient (Wildman–Crippen LogP) is 4.20. The van der Waals surface area contributed by atoms with Crippen molar-refractivity contribution in [3.05, 3.63) is 48.0 Å². The molecule has 0 fully saturated rings. The lowest BCUT2D eigenvalue weighted by atomic mass is 10.0. The van der Waals surface area contributed by atoms with Gasteiger partial charge in [0.2, 0.25) is 0 Å². The van der Waals surface area contributed by atoms with Gasteiger partial charge in [-0.2, -0.15) is 0 Å². The van der Waals surface area contributed by atoms with Crippen molar-refractivity contribution in [1.29, 1.82) is 0 Å². The predicted molar refractivity (Wildman–Crippen MR) is 69.3 cm³/mol. The van der Waals surface area contributed by atoms with E-state index >= 15 is 0 Å². The van der Waals surface area contributed by atoms with Crippen LogP contribution in [0.5, 0.6) is 0 Å². The topological polar surface area (TPSA) is 9.23 Å². The maximum atomic E-state index is 5.65. The van der Waals surface area contributed by atoms with E-state index in [1.54, 1.807) is 0 Å². The number of ether oxygens (including phenoxy) is 1. The molecule has 0 amide bonds. The summed E-state index contributed by atoms with van der Waals surface area (Å²) < 4.78 is 5.65. The van der Waals surface area contributed by atoms with Crippen molar-refractivity contribution in [3.63, 3.8) is 0 Å². The second kappa shape index (κ2) is 8.12. The zero-order valence-electron chi connectivity index (χ0n) is 10.4. The third-order valence-corrected chi connectivity index (χ3v) is 2.64. The molecule has 0 aliphatic carbocycles. The molecule has 0 heterocycles. The molecule has 88 valence electrons. The van der Waals surface area contributed by atoms with E-state index in [9.17, 15) is 0 Å². The van der Waals surface area contributed by atoms with Crippen LogP contribution in [0.2, 0.25) is 0 Å². The lowest BCUT2D eigenvalue weighted by Crippen LogP contribution is -2.01. The van der Waals surface area contributed by atoms with Crippen molar-refractivity contribution < 1.29 is 4.74 Å². The number of allylic oxidation sites excluding steroid dienone is 2. The van der Waals surface area contributed by atoms with E-state index in [0.717, 1.165) is 26.1 Å². The van der Waals surface area contributed by atoms with E-state index in [4.69, 9.17) is 4.74 Å². The third-order valence-electron chi connectivity index (χ3n) is 2.64. The van der Waals surface area contributed by atoms with Gasteiger partial charge in [0.25, 0.3) is 0 Å². The zero-order chi connectivity index (χ0) is 11.6. The monoisotopic (exact) mass is 218 g/mol. The van der Waals surface area contributed by atoms with Crippen LogP contribution in [0.15, 0.2) is 42.5 Å². The quantitative estimate of drug-likeness (QED) is 0.492. The Bertz CT molecular complexity index is 290. The Morgan fingerprint density at radius 3 is 2.69 bits per heavy atom. The van der Waals surface area contributed by atoms with E-state index in [2.05, 4.69) is 38.1 Å². The highest BCUT2D eigenvalue weighted by Crippen LogP contribution is 2.09. The highest BCUT2D eigenvalue weighted by atomic mass is 16.5. The molecule has 1 aromatic carbocycles. The average molecular weight is 218 g/mol. The number of benzene rings is 1. The first-order chi connectivity index (χ1) is 7.83. The van der Waals surface area contributed by atoms with Crippen molar-refractivity contribution in [3.8, 4) is 0 Å². The summed E-state index contributed by atoms with van der Waals surface area (Å²) in [5.74, 6) is 0.715.